The molecule has 5 rings (SSSR count). The summed E-state index contributed by atoms with van der Waals surface area (Å²) in [5.41, 5.74) is 7.38. The van der Waals surface area contributed by atoms with Crippen molar-refractivity contribution in [1.82, 2.24) is 0 Å². The molecule has 0 saturated carbocycles. The van der Waals surface area contributed by atoms with Gasteiger partial charge in [0, 0.05) is 12.0 Å². The monoisotopic (exact) mass is 334 g/mol. The molecule has 0 N–H and O–H groups in total. The first-order chi connectivity index (χ1) is 12.9. The van der Waals surface area contributed by atoms with Gasteiger partial charge in [-0.15, -0.1) is 0 Å². The zero-order valence-electron chi connectivity index (χ0n) is 14.4. The Morgan fingerprint density at radius 1 is 0.538 bits per heavy atom. The second-order valence-corrected chi connectivity index (χ2v) is 6.62. The summed E-state index contributed by atoms with van der Waals surface area (Å²) >= 11 is 0. The Morgan fingerprint density at radius 2 is 1.27 bits per heavy atom. The van der Waals surface area contributed by atoms with Crippen molar-refractivity contribution in [2.45, 2.75) is 6.42 Å². The van der Waals surface area contributed by atoms with Crippen LogP contribution in [0.5, 0.6) is 11.5 Å². The van der Waals surface area contributed by atoms with Crippen LogP contribution in [-0.4, -0.2) is 0 Å². The van der Waals surface area contributed by atoms with Crippen molar-refractivity contribution in [1.29, 1.82) is 0 Å². The molecular formula is C25H18O. The fraction of sp³-hybridized carbons (Fsp3) is 0.0400. The number of rotatable bonds is 2. The van der Waals surface area contributed by atoms with Crippen LogP contribution in [0.3, 0.4) is 0 Å². The van der Waals surface area contributed by atoms with E-state index >= 15 is 0 Å². The first-order valence-corrected chi connectivity index (χ1v) is 8.92. The minimum atomic E-state index is 0.894. The molecule has 0 amide bonds. The van der Waals surface area contributed by atoms with Crippen LogP contribution in [0.4, 0.5) is 0 Å². The summed E-state index contributed by atoms with van der Waals surface area (Å²) in [5, 5.41) is 0. The molecule has 4 aromatic rings. The third kappa shape index (κ3) is 2.58. The lowest BCUT2D eigenvalue weighted by Gasteiger charge is -2.23. The van der Waals surface area contributed by atoms with Gasteiger partial charge in [0.15, 0.2) is 0 Å². The third-order valence-electron chi connectivity index (χ3n) is 4.98. The lowest BCUT2D eigenvalue weighted by Crippen LogP contribution is -2.04. The average molecular weight is 334 g/mol. The van der Waals surface area contributed by atoms with Crippen LogP contribution in [0.25, 0.3) is 22.3 Å². The summed E-state index contributed by atoms with van der Waals surface area (Å²) < 4.78 is 6.30. The standard InChI is InChI=1S/C25H18O/c1-3-8-18(9-4-1)20-14-15-21-16-23-22(19-10-5-2-6-11-19)12-7-13-24(23)26-25(21)17-20/h1-15,17H,16H2. The van der Waals surface area contributed by atoms with Crippen molar-refractivity contribution in [3.63, 3.8) is 0 Å². The van der Waals surface area contributed by atoms with Crippen molar-refractivity contribution < 1.29 is 4.74 Å². The zero-order chi connectivity index (χ0) is 17.3. The Balaban J connectivity index is 1.57. The highest BCUT2D eigenvalue weighted by molar-refractivity contribution is 5.73. The van der Waals surface area contributed by atoms with Gasteiger partial charge in [0.1, 0.15) is 11.5 Å². The maximum atomic E-state index is 6.30. The van der Waals surface area contributed by atoms with E-state index in [4.69, 9.17) is 4.74 Å². The van der Waals surface area contributed by atoms with Gasteiger partial charge in [-0.05, 0) is 39.9 Å². The number of hydrogen-bond acceptors (Lipinski definition) is 1. The van der Waals surface area contributed by atoms with E-state index in [0.717, 1.165) is 17.9 Å². The molecule has 1 aliphatic rings. The van der Waals surface area contributed by atoms with Gasteiger partial charge in [-0.1, -0.05) is 84.9 Å². The predicted octanol–water partition coefficient (Wildman–Crippen LogP) is 6.72. The highest BCUT2D eigenvalue weighted by atomic mass is 16.5. The molecule has 0 aliphatic carbocycles. The smallest absolute Gasteiger partial charge is 0.131 e. The van der Waals surface area contributed by atoms with Gasteiger partial charge in [0.05, 0.1) is 0 Å². The molecule has 0 bridgehead atoms. The van der Waals surface area contributed by atoms with Crippen molar-refractivity contribution in [2.75, 3.05) is 0 Å². The summed E-state index contributed by atoms with van der Waals surface area (Å²) in [4.78, 5) is 0. The molecule has 0 aromatic heterocycles. The predicted molar refractivity (Wildman–Crippen MR) is 107 cm³/mol. The Kier molecular flexibility index (Phi) is 3.57. The third-order valence-corrected chi connectivity index (χ3v) is 4.98. The Bertz CT molecular complexity index is 1070. The van der Waals surface area contributed by atoms with Gasteiger partial charge in [-0.25, -0.2) is 0 Å². The highest BCUT2D eigenvalue weighted by Crippen LogP contribution is 2.42. The number of ether oxygens (including phenoxy) is 1. The van der Waals surface area contributed by atoms with Crippen molar-refractivity contribution >= 4 is 0 Å². The quantitative estimate of drug-likeness (QED) is 0.348. The number of benzene rings is 4. The summed E-state index contributed by atoms with van der Waals surface area (Å²) in [5.74, 6) is 1.92. The van der Waals surface area contributed by atoms with E-state index in [2.05, 4.69) is 91.0 Å². The van der Waals surface area contributed by atoms with Crippen molar-refractivity contribution in [3.8, 4) is 33.8 Å². The topological polar surface area (TPSA) is 9.23 Å². The molecule has 0 fully saturated rings. The molecule has 0 spiro atoms. The maximum absolute atomic E-state index is 6.30. The summed E-state index contributed by atoms with van der Waals surface area (Å²) in [6.45, 7) is 0. The fourth-order valence-corrected chi connectivity index (χ4v) is 3.65. The molecule has 26 heavy (non-hydrogen) atoms. The van der Waals surface area contributed by atoms with E-state index in [9.17, 15) is 0 Å². The molecule has 0 atom stereocenters. The van der Waals surface area contributed by atoms with Crippen LogP contribution in [-0.2, 0) is 6.42 Å². The molecule has 1 heterocycles. The van der Waals surface area contributed by atoms with Gasteiger partial charge in [0.25, 0.3) is 0 Å². The summed E-state index contributed by atoms with van der Waals surface area (Å²) in [6.07, 6.45) is 0.894. The molecule has 1 nitrogen and oxygen atoms in total. The molecule has 0 unspecified atom stereocenters. The van der Waals surface area contributed by atoms with Gasteiger partial charge in [0.2, 0.25) is 0 Å². The van der Waals surface area contributed by atoms with E-state index in [1.807, 2.05) is 6.07 Å². The first kappa shape index (κ1) is 15.0. The van der Waals surface area contributed by atoms with Gasteiger partial charge in [-0.3, -0.25) is 0 Å². The van der Waals surface area contributed by atoms with Crippen LogP contribution in [0.2, 0.25) is 0 Å². The lowest BCUT2D eigenvalue weighted by molar-refractivity contribution is 0.460. The van der Waals surface area contributed by atoms with Gasteiger partial charge < -0.3 is 4.74 Å². The molecule has 4 aromatic carbocycles. The van der Waals surface area contributed by atoms with Crippen LogP contribution < -0.4 is 4.74 Å². The second kappa shape index (κ2) is 6.20. The SMILES string of the molecule is c1ccc(-c2ccc3c(c2)Oc2cccc(-c4ccccc4)c2C3)cc1. The Labute approximate surface area is 153 Å². The molecule has 1 heteroatoms. The molecule has 0 saturated heterocycles. The number of hydrogen-bond donors (Lipinski definition) is 0. The van der Waals surface area contributed by atoms with E-state index in [1.54, 1.807) is 0 Å². The maximum Gasteiger partial charge on any atom is 0.131 e. The fourth-order valence-electron chi connectivity index (χ4n) is 3.65. The molecule has 124 valence electrons. The van der Waals surface area contributed by atoms with Gasteiger partial charge in [-0.2, -0.15) is 0 Å². The van der Waals surface area contributed by atoms with Crippen LogP contribution >= 0.6 is 0 Å². The molecule has 1 aliphatic heterocycles. The number of fused-ring (bicyclic) bond motifs is 2. The largest absolute Gasteiger partial charge is 0.457 e. The summed E-state index contributed by atoms with van der Waals surface area (Å²) in [7, 11) is 0. The molecular weight excluding hydrogens is 316 g/mol. The van der Waals surface area contributed by atoms with E-state index < -0.39 is 0 Å². The van der Waals surface area contributed by atoms with E-state index in [-0.39, 0.29) is 0 Å². The van der Waals surface area contributed by atoms with Crippen LogP contribution in [0.1, 0.15) is 11.1 Å². The Morgan fingerprint density at radius 3 is 2.04 bits per heavy atom. The Hall–Kier alpha value is -3.32. The van der Waals surface area contributed by atoms with Gasteiger partial charge >= 0.3 is 0 Å². The van der Waals surface area contributed by atoms with E-state index in [1.165, 1.54) is 33.4 Å². The van der Waals surface area contributed by atoms with Crippen molar-refractivity contribution in [3.05, 3.63) is 108 Å². The average Bonchev–Trinajstić information content (AvgIpc) is 2.72. The first-order valence-electron chi connectivity index (χ1n) is 8.92. The highest BCUT2D eigenvalue weighted by Gasteiger charge is 2.20. The minimum Gasteiger partial charge on any atom is -0.457 e. The van der Waals surface area contributed by atoms with Crippen LogP contribution in [0.15, 0.2) is 97.1 Å². The molecule has 0 radical (unpaired) electrons. The van der Waals surface area contributed by atoms with Crippen molar-refractivity contribution in [2.24, 2.45) is 0 Å². The van der Waals surface area contributed by atoms with E-state index in [0.29, 0.717) is 0 Å². The zero-order valence-corrected chi connectivity index (χ0v) is 14.4. The summed E-state index contributed by atoms with van der Waals surface area (Å²) in [6, 6.07) is 33.8. The normalized spacial score (nSPS) is 12.0. The lowest BCUT2D eigenvalue weighted by atomic mass is 9.91. The van der Waals surface area contributed by atoms with Crippen LogP contribution in [0, 0.1) is 0 Å². The minimum absolute atomic E-state index is 0.894. The second-order valence-electron chi connectivity index (χ2n) is 6.62.